The van der Waals surface area contributed by atoms with Crippen LogP contribution < -0.4 is 4.74 Å². The molecule has 0 saturated carbocycles. The Labute approximate surface area is 157 Å². The van der Waals surface area contributed by atoms with Crippen LogP contribution in [0.25, 0.3) is 5.57 Å². The van der Waals surface area contributed by atoms with Crippen LogP contribution in [-0.2, 0) is 5.92 Å². The quantitative estimate of drug-likeness (QED) is 0.573. The molecule has 1 aromatic heterocycles. The first-order chi connectivity index (χ1) is 13.4. The molecule has 0 radical (unpaired) electrons. The van der Waals surface area contributed by atoms with Gasteiger partial charge in [0.2, 0.25) is 0 Å². The number of nitrogens with zero attached hydrogens (tertiary/aromatic N) is 1. The van der Waals surface area contributed by atoms with Crippen molar-refractivity contribution in [3.8, 4) is 5.75 Å². The molecule has 2 heterocycles. The minimum absolute atomic E-state index is 0.0192. The van der Waals surface area contributed by atoms with Crippen molar-refractivity contribution in [2.45, 2.75) is 30.6 Å². The smallest absolute Gasteiger partial charge is 0.460 e. The van der Waals surface area contributed by atoms with Gasteiger partial charge < -0.3 is 4.74 Å². The topological polar surface area (TPSA) is 22.1 Å². The molecule has 0 fully saturated rings. The average molecular weight is 427 g/mol. The Morgan fingerprint density at radius 1 is 0.931 bits per heavy atom. The molecule has 1 aliphatic rings. The fraction of sp³-hybridized carbons (Fsp3) is 0.278. The number of benzene rings is 1. The maximum Gasteiger partial charge on any atom is 0.460 e. The Morgan fingerprint density at radius 2 is 1.62 bits per heavy atom. The second kappa shape index (κ2) is 6.96. The summed E-state index contributed by atoms with van der Waals surface area (Å²) in [5.74, 6) is -12.4. The van der Waals surface area contributed by atoms with Crippen molar-refractivity contribution in [3.05, 3.63) is 65.5 Å². The lowest BCUT2D eigenvalue weighted by atomic mass is 9.92. The van der Waals surface area contributed by atoms with Crippen molar-refractivity contribution >= 4 is 5.57 Å². The molecule has 156 valence electrons. The summed E-state index contributed by atoms with van der Waals surface area (Å²) in [6, 6.07) is 5.55. The van der Waals surface area contributed by atoms with E-state index in [0.717, 1.165) is 6.08 Å². The maximum absolute atomic E-state index is 14.1. The number of rotatable bonds is 4. The van der Waals surface area contributed by atoms with Crippen molar-refractivity contribution < 1.29 is 44.3 Å². The highest BCUT2D eigenvalue weighted by atomic mass is 19.4. The molecule has 1 unspecified atom stereocenters. The lowest BCUT2D eigenvalue weighted by Crippen LogP contribution is -2.50. The lowest BCUT2D eigenvalue weighted by Gasteiger charge is -2.30. The molecular weight excluding hydrogens is 417 g/mol. The number of halogens is 9. The van der Waals surface area contributed by atoms with E-state index in [4.69, 9.17) is 4.74 Å². The van der Waals surface area contributed by atoms with Gasteiger partial charge in [0.1, 0.15) is 5.75 Å². The Morgan fingerprint density at radius 3 is 2.17 bits per heavy atom. The van der Waals surface area contributed by atoms with Gasteiger partial charge in [0.25, 0.3) is 6.43 Å². The summed E-state index contributed by atoms with van der Waals surface area (Å²) in [6.07, 6.45) is -9.21. The Kier molecular flexibility index (Phi) is 5.04. The van der Waals surface area contributed by atoms with Crippen LogP contribution in [0.5, 0.6) is 5.75 Å². The first-order valence-corrected chi connectivity index (χ1v) is 7.91. The van der Waals surface area contributed by atoms with Gasteiger partial charge in [-0.3, -0.25) is 4.98 Å². The van der Waals surface area contributed by atoms with E-state index in [0.29, 0.717) is 12.1 Å². The number of aromatic nitrogens is 1. The highest BCUT2D eigenvalue weighted by molar-refractivity contribution is 5.83. The van der Waals surface area contributed by atoms with E-state index in [1.54, 1.807) is 0 Å². The van der Waals surface area contributed by atoms with Crippen LogP contribution in [0.4, 0.5) is 39.5 Å². The summed E-state index contributed by atoms with van der Waals surface area (Å²) >= 11 is 0. The van der Waals surface area contributed by atoms with E-state index in [-0.39, 0.29) is 28.6 Å². The number of hydrogen-bond acceptors (Lipinski definition) is 2. The summed E-state index contributed by atoms with van der Waals surface area (Å²) in [5.41, 5.74) is -2.16. The average Bonchev–Trinajstić information content (AvgIpc) is 2.66. The van der Waals surface area contributed by atoms with Gasteiger partial charge in [-0.25, -0.2) is 8.78 Å². The number of hydrogen-bond donors (Lipinski definition) is 0. The second-order valence-electron chi connectivity index (χ2n) is 6.07. The molecule has 1 atom stereocenters. The number of ether oxygens (including phenoxy) is 1. The summed E-state index contributed by atoms with van der Waals surface area (Å²) in [6.45, 7) is 0. The Hall–Kier alpha value is -2.72. The SMILES string of the molecule is FC(F)C1C=C(c2ccccn2)c2cc(C(F)(F)C(F)(F)C(F)(F)F)ccc2O1. The summed E-state index contributed by atoms with van der Waals surface area (Å²) in [7, 11) is 0. The summed E-state index contributed by atoms with van der Waals surface area (Å²) < 4.78 is 124. The molecule has 1 aliphatic heterocycles. The highest BCUT2D eigenvalue weighted by Crippen LogP contribution is 2.52. The van der Waals surface area contributed by atoms with Gasteiger partial charge >= 0.3 is 18.0 Å². The van der Waals surface area contributed by atoms with Crippen LogP contribution in [0.3, 0.4) is 0 Å². The van der Waals surface area contributed by atoms with Crippen LogP contribution in [0, 0.1) is 0 Å². The molecule has 0 saturated heterocycles. The van der Waals surface area contributed by atoms with Gasteiger partial charge in [0.15, 0.2) is 6.10 Å². The van der Waals surface area contributed by atoms with Crippen LogP contribution >= 0.6 is 0 Å². The maximum atomic E-state index is 14.1. The largest absolute Gasteiger partial charge is 0.480 e. The number of fused-ring (bicyclic) bond motifs is 1. The monoisotopic (exact) mass is 427 g/mol. The van der Waals surface area contributed by atoms with Crippen molar-refractivity contribution in [1.82, 2.24) is 4.98 Å². The lowest BCUT2D eigenvalue weighted by molar-refractivity contribution is -0.359. The first-order valence-electron chi connectivity index (χ1n) is 7.91. The normalized spacial score (nSPS) is 17.6. The van der Waals surface area contributed by atoms with Crippen molar-refractivity contribution in [2.24, 2.45) is 0 Å². The highest BCUT2D eigenvalue weighted by Gasteiger charge is 2.73. The van der Waals surface area contributed by atoms with Gasteiger partial charge in [-0.05, 0) is 36.4 Å². The first kappa shape index (κ1) is 21.0. The number of alkyl halides is 9. The zero-order chi connectivity index (χ0) is 21.6. The molecule has 0 bridgehead atoms. The predicted octanol–water partition coefficient (Wildman–Crippen LogP) is 5.83. The third-order valence-electron chi connectivity index (χ3n) is 4.17. The molecule has 0 N–H and O–H groups in total. The van der Waals surface area contributed by atoms with E-state index in [1.807, 2.05) is 0 Å². The molecule has 29 heavy (non-hydrogen) atoms. The molecule has 1 aromatic carbocycles. The van der Waals surface area contributed by atoms with E-state index in [2.05, 4.69) is 4.98 Å². The van der Waals surface area contributed by atoms with Crippen LogP contribution in [0.15, 0.2) is 48.7 Å². The standard InChI is InChI=1S/C18H10F9NO/c19-15(20)14-8-10(12-3-1-2-6-28-12)11-7-9(4-5-13(11)29-14)16(21,22)17(23,24)18(25,26)27/h1-8,14-15H. The third-order valence-corrected chi connectivity index (χ3v) is 4.17. The molecule has 3 rings (SSSR count). The van der Waals surface area contributed by atoms with Crippen molar-refractivity contribution in [3.63, 3.8) is 0 Å². The van der Waals surface area contributed by atoms with Gasteiger partial charge in [0.05, 0.1) is 5.69 Å². The minimum atomic E-state index is -6.51. The fourth-order valence-corrected chi connectivity index (χ4v) is 2.70. The van der Waals surface area contributed by atoms with Gasteiger partial charge in [-0.1, -0.05) is 6.07 Å². The zero-order valence-electron chi connectivity index (χ0n) is 14.0. The van der Waals surface area contributed by atoms with E-state index >= 15 is 0 Å². The van der Waals surface area contributed by atoms with Crippen LogP contribution in [0.1, 0.15) is 16.8 Å². The van der Waals surface area contributed by atoms with Crippen molar-refractivity contribution in [1.29, 1.82) is 0 Å². The Bertz CT molecular complexity index is 923. The molecule has 2 aromatic rings. The predicted molar refractivity (Wildman–Crippen MR) is 83.1 cm³/mol. The molecule has 0 spiro atoms. The number of pyridine rings is 1. The van der Waals surface area contributed by atoms with Crippen LogP contribution in [-0.4, -0.2) is 29.6 Å². The van der Waals surface area contributed by atoms with E-state index < -0.39 is 36.1 Å². The zero-order valence-corrected chi connectivity index (χ0v) is 14.0. The van der Waals surface area contributed by atoms with E-state index in [1.165, 1.54) is 24.4 Å². The Balaban J connectivity index is 2.16. The van der Waals surface area contributed by atoms with Crippen molar-refractivity contribution in [2.75, 3.05) is 0 Å². The molecule has 0 amide bonds. The molecule has 2 nitrogen and oxygen atoms in total. The van der Waals surface area contributed by atoms with Crippen LogP contribution in [0.2, 0.25) is 0 Å². The van der Waals surface area contributed by atoms with E-state index in [9.17, 15) is 39.5 Å². The summed E-state index contributed by atoms with van der Waals surface area (Å²) in [5, 5.41) is 0. The minimum Gasteiger partial charge on any atom is -0.480 e. The molecule has 11 heteroatoms. The molecular formula is C18H10F9NO. The molecule has 0 aliphatic carbocycles. The third kappa shape index (κ3) is 3.53. The van der Waals surface area contributed by atoms with Gasteiger partial charge in [-0.15, -0.1) is 0 Å². The van der Waals surface area contributed by atoms with Gasteiger partial charge in [0, 0.05) is 22.9 Å². The summed E-state index contributed by atoms with van der Waals surface area (Å²) in [4.78, 5) is 3.89. The fourth-order valence-electron chi connectivity index (χ4n) is 2.70. The van der Waals surface area contributed by atoms with Gasteiger partial charge in [-0.2, -0.15) is 30.7 Å². The second-order valence-corrected chi connectivity index (χ2v) is 6.07.